The monoisotopic (exact) mass is 482 g/mol. The summed E-state index contributed by atoms with van der Waals surface area (Å²) in [6, 6.07) is 22.6. The van der Waals surface area contributed by atoms with Gasteiger partial charge >= 0.3 is 0 Å². The largest absolute Gasteiger partial charge is 0.271 e. The molecule has 38 heavy (non-hydrogen) atoms. The van der Waals surface area contributed by atoms with E-state index >= 15 is 0 Å². The molecule has 0 aliphatic heterocycles. The van der Waals surface area contributed by atoms with E-state index in [9.17, 15) is 10.5 Å². The van der Waals surface area contributed by atoms with Gasteiger partial charge in [-0.25, -0.2) is 40.1 Å². The van der Waals surface area contributed by atoms with Gasteiger partial charge in [-0.2, -0.15) is 0 Å². The molecule has 8 heteroatoms. The fourth-order valence-corrected chi connectivity index (χ4v) is 5.15. The van der Waals surface area contributed by atoms with Crippen LogP contribution in [0.1, 0.15) is 22.5 Å². The Bertz CT molecular complexity index is 1990. The zero-order valence-electron chi connectivity index (χ0n) is 19.4. The van der Waals surface area contributed by atoms with Crippen LogP contribution in [0.15, 0.2) is 72.1 Å². The third-order valence-electron chi connectivity index (χ3n) is 6.74. The molecule has 2 aromatic heterocycles. The van der Waals surface area contributed by atoms with E-state index in [0.717, 1.165) is 22.3 Å². The smallest absolute Gasteiger partial charge is 0.245 e. The number of hydrogen-bond acceptors (Lipinski definition) is 6. The van der Waals surface area contributed by atoms with Gasteiger partial charge in [-0.15, -0.1) is 0 Å². The summed E-state index contributed by atoms with van der Waals surface area (Å²) in [4.78, 5) is 26.3. The van der Waals surface area contributed by atoms with E-state index < -0.39 is 0 Å². The molecule has 0 fully saturated rings. The summed E-state index contributed by atoms with van der Waals surface area (Å²) >= 11 is 0. The number of nitriles is 2. The van der Waals surface area contributed by atoms with Gasteiger partial charge in [-0.3, -0.25) is 0 Å². The number of allylic oxidation sites excluding steroid dienone is 2. The van der Waals surface area contributed by atoms with Gasteiger partial charge in [-0.05, 0) is 23.3 Å². The number of fused-ring (bicyclic) bond motifs is 8. The van der Waals surface area contributed by atoms with E-state index in [0.29, 0.717) is 56.0 Å². The minimum absolute atomic E-state index is 0.0426. The first-order valence-corrected chi connectivity index (χ1v) is 11.4. The molecule has 0 atom stereocenters. The molecule has 0 radical (unpaired) electrons. The molecule has 0 amide bonds. The van der Waals surface area contributed by atoms with Crippen LogP contribution in [0.2, 0.25) is 0 Å². The summed E-state index contributed by atoms with van der Waals surface area (Å²) < 4.78 is 0. The SMILES string of the molecule is [C-]#[N+]/C(C#N)=C1/c2ccccc2-c2nc3cc4nc5c(nc4cc3nc21)/C(=C(\C#N)[N+]#[C-])c1ccccc1-5. The molecule has 7 rings (SSSR count). The summed E-state index contributed by atoms with van der Waals surface area (Å²) in [5, 5.41) is 19.3. The van der Waals surface area contributed by atoms with E-state index in [4.69, 9.17) is 33.1 Å². The topological polar surface area (TPSA) is 108 Å². The first-order valence-electron chi connectivity index (χ1n) is 11.4. The second-order valence-corrected chi connectivity index (χ2v) is 8.66. The number of nitrogens with zero attached hydrogens (tertiary/aromatic N) is 8. The molecule has 2 aliphatic rings. The Balaban J connectivity index is 1.54. The van der Waals surface area contributed by atoms with Crippen LogP contribution in [0.5, 0.6) is 0 Å². The first-order chi connectivity index (χ1) is 18.7. The predicted octanol–water partition coefficient (Wildman–Crippen LogP) is 5.94. The highest BCUT2D eigenvalue weighted by molar-refractivity contribution is 6.05. The predicted molar refractivity (Wildman–Crippen MR) is 140 cm³/mol. The molecule has 2 aliphatic carbocycles. The lowest BCUT2D eigenvalue weighted by Crippen LogP contribution is -1.97. The molecule has 170 valence electrons. The van der Waals surface area contributed by atoms with Gasteiger partial charge in [0.1, 0.15) is 0 Å². The van der Waals surface area contributed by atoms with Crippen LogP contribution >= 0.6 is 0 Å². The van der Waals surface area contributed by atoms with Gasteiger partial charge in [-0.1, -0.05) is 48.5 Å². The van der Waals surface area contributed by atoms with E-state index in [1.165, 1.54) is 0 Å². The molecule has 0 bridgehead atoms. The lowest BCUT2D eigenvalue weighted by atomic mass is 10.0. The van der Waals surface area contributed by atoms with Crippen molar-refractivity contribution in [2.24, 2.45) is 0 Å². The van der Waals surface area contributed by atoms with Crippen LogP contribution in [0.25, 0.3) is 65.4 Å². The lowest BCUT2D eigenvalue weighted by Gasteiger charge is -2.07. The van der Waals surface area contributed by atoms with E-state index in [2.05, 4.69) is 9.69 Å². The van der Waals surface area contributed by atoms with Crippen molar-refractivity contribution in [1.82, 2.24) is 19.9 Å². The van der Waals surface area contributed by atoms with Crippen LogP contribution in [0, 0.1) is 35.8 Å². The van der Waals surface area contributed by atoms with Gasteiger partial charge in [0.25, 0.3) is 11.4 Å². The Labute approximate surface area is 215 Å². The van der Waals surface area contributed by atoms with Gasteiger partial charge in [0.05, 0.1) is 70.1 Å². The van der Waals surface area contributed by atoms with Gasteiger partial charge in [0, 0.05) is 22.3 Å². The van der Waals surface area contributed by atoms with Crippen molar-refractivity contribution in [2.45, 2.75) is 0 Å². The van der Waals surface area contributed by atoms with Crippen molar-refractivity contribution in [2.75, 3.05) is 0 Å². The minimum Gasteiger partial charge on any atom is -0.245 e. The molecular weight excluding hydrogens is 472 g/mol. The van der Waals surface area contributed by atoms with Crippen LogP contribution in [0.3, 0.4) is 0 Å². The average Bonchev–Trinajstić information content (AvgIpc) is 3.44. The summed E-state index contributed by atoms with van der Waals surface area (Å²) in [6.45, 7) is 15.0. The number of aromatic nitrogens is 4. The Kier molecular flexibility index (Phi) is 4.24. The normalized spacial score (nSPS) is 14.8. The highest BCUT2D eigenvalue weighted by Gasteiger charge is 2.31. The van der Waals surface area contributed by atoms with E-state index in [1.807, 2.05) is 66.7 Å². The zero-order chi connectivity index (χ0) is 26.0. The fraction of sp³-hybridized carbons (Fsp3) is 0. The quantitative estimate of drug-likeness (QED) is 0.150. The van der Waals surface area contributed by atoms with Gasteiger partial charge < -0.3 is 0 Å². The van der Waals surface area contributed by atoms with Crippen molar-refractivity contribution in [1.29, 1.82) is 10.5 Å². The fourth-order valence-electron chi connectivity index (χ4n) is 5.15. The van der Waals surface area contributed by atoms with Crippen molar-refractivity contribution < 1.29 is 0 Å². The average molecular weight is 482 g/mol. The maximum Gasteiger partial charge on any atom is 0.271 e. The third-order valence-corrected chi connectivity index (χ3v) is 6.74. The molecule has 3 aromatic carbocycles. The van der Waals surface area contributed by atoms with Crippen molar-refractivity contribution in [3.63, 3.8) is 0 Å². The highest BCUT2D eigenvalue weighted by atomic mass is 14.9. The summed E-state index contributed by atoms with van der Waals surface area (Å²) in [6.07, 6.45) is 0. The first kappa shape index (κ1) is 21.1. The lowest BCUT2D eigenvalue weighted by molar-refractivity contribution is 1.25. The Morgan fingerprint density at radius 2 is 0.895 bits per heavy atom. The van der Waals surface area contributed by atoms with Crippen LogP contribution in [-0.4, -0.2) is 19.9 Å². The molecule has 2 heterocycles. The Morgan fingerprint density at radius 1 is 0.553 bits per heavy atom. The van der Waals surface area contributed by atoms with Crippen molar-refractivity contribution in [3.8, 4) is 34.7 Å². The maximum atomic E-state index is 9.63. The molecule has 5 aromatic rings. The molecule has 8 nitrogen and oxygen atoms in total. The molecule has 0 saturated heterocycles. The minimum atomic E-state index is -0.0426. The Morgan fingerprint density at radius 3 is 1.24 bits per heavy atom. The second kappa shape index (κ2) is 7.64. The summed E-state index contributed by atoms with van der Waals surface area (Å²) in [7, 11) is 0. The molecule has 0 spiro atoms. The molecule has 0 N–H and O–H groups in total. The van der Waals surface area contributed by atoms with E-state index in [1.54, 1.807) is 6.07 Å². The third kappa shape index (κ3) is 2.69. The highest BCUT2D eigenvalue weighted by Crippen LogP contribution is 2.46. The van der Waals surface area contributed by atoms with Gasteiger partial charge in [0.15, 0.2) is 0 Å². The van der Waals surface area contributed by atoms with Crippen LogP contribution < -0.4 is 0 Å². The molecular formula is C30H10N8. The molecule has 0 saturated carbocycles. The summed E-state index contributed by atoms with van der Waals surface area (Å²) in [5.74, 6) is 0. The second-order valence-electron chi connectivity index (χ2n) is 8.66. The van der Waals surface area contributed by atoms with E-state index in [-0.39, 0.29) is 11.4 Å². The van der Waals surface area contributed by atoms with Gasteiger partial charge in [0.2, 0.25) is 0 Å². The summed E-state index contributed by atoms with van der Waals surface area (Å²) in [5.41, 5.74) is 8.43. The maximum absolute atomic E-state index is 9.63. The number of rotatable bonds is 0. The molecule has 0 unspecified atom stereocenters. The number of hydrogen-bond donors (Lipinski definition) is 0. The van der Waals surface area contributed by atoms with Crippen LogP contribution in [-0.2, 0) is 0 Å². The van der Waals surface area contributed by atoms with Crippen molar-refractivity contribution in [3.05, 3.63) is 117 Å². The Hall–Kier alpha value is -6.22. The van der Waals surface area contributed by atoms with Crippen LogP contribution in [0.4, 0.5) is 0 Å². The number of benzene rings is 3. The van der Waals surface area contributed by atoms with Crippen molar-refractivity contribution >= 4 is 33.2 Å². The standard InChI is InChI=1S/C30H10N8/c1-33-23(13-31)25-15-7-3-5-9-17(15)27-29(25)37-21-12-22-20(11-19(21)35-27)36-28-18-10-6-4-8-16(18)26(30(28)38-22)24(14-32)34-2/h3-12H/b25-23-,26-24+. The zero-order valence-corrected chi connectivity index (χ0v) is 19.4.